The highest BCUT2D eigenvalue weighted by atomic mass is 16.3. The molecule has 0 saturated heterocycles. The van der Waals surface area contributed by atoms with E-state index in [9.17, 15) is 10.5 Å². The number of aromatic nitrogens is 2. The fraction of sp³-hybridized carbons (Fsp3) is 0.125. The van der Waals surface area contributed by atoms with Crippen molar-refractivity contribution in [2.45, 2.75) is 52.4 Å². The van der Waals surface area contributed by atoms with Crippen LogP contribution in [0.5, 0.6) is 0 Å². The number of nitrogens with zero attached hydrogens (tertiary/aromatic N) is 4. The van der Waals surface area contributed by atoms with Crippen LogP contribution in [-0.4, -0.2) is 9.13 Å². The lowest BCUT2D eigenvalue weighted by molar-refractivity contribution is 0.565. The molecule has 4 heterocycles. The van der Waals surface area contributed by atoms with Gasteiger partial charge in [0.05, 0.1) is 56.7 Å². The Morgan fingerprint density at radius 3 is 1.20 bits per heavy atom. The molecular weight excluding hydrogens is 857 g/mol. The van der Waals surface area contributed by atoms with Crippen LogP contribution < -0.4 is 0 Å². The summed E-state index contributed by atoms with van der Waals surface area (Å²) in [5.74, 6) is 0. The average molecular weight is 903 g/mol. The molecule has 70 heavy (non-hydrogen) atoms. The Balaban J connectivity index is 1.35. The maximum atomic E-state index is 10.7. The van der Waals surface area contributed by atoms with Crippen molar-refractivity contribution >= 4 is 87.5 Å². The molecular formula is C64H46N4O2. The predicted octanol–water partition coefficient (Wildman–Crippen LogP) is 17.4. The standard InChI is InChI=1S/C64H46N4O2/c1-63(2,3)59-53(39-19-15-17-37(33-39)35-65)61(67-45-25-11-7-21-41(45)55-47(67)29-31-51-57(55)43-23-9-13-27-49(43)69-51)54(40-20-16-18-38(34-40)36-66)60(64(4,5)6)62(59)68-46-26-12-8-22-42(46)56-48(68)30-32-52-58(56)44-24-10-14-28-50(44)70-52/h7-34H,1-6H3. The Kier molecular flexibility index (Phi) is 8.76. The van der Waals surface area contributed by atoms with E-state index in [1.54, 1.807) is 0 Å². The number of rotatable bonds is 4. The lowest BCUT2D eigenvalue weighted by atomic mass is 9.71. The average Bonchev–Trinajstić information content (AvgIpc) is 4.12. The molecule has 0 spiro atoms. The molecule has 0 N–H and O–H groups in total. The van der Waals surface area contributed by atoms with E-state index in [0.29, 0.717) is 11.1 Å². The third-order valence-corrected chi connectivity index (χ3v) is 14.3. The molecule has 0 bridgehead atoms. The molecule has 6 nitrogen and oxygen atoms in total. The Labute approximate surface area is 404 Å². The number of nitriles is 2. The largest absolute Gasteiger partial charge is 0.456 e. The number of furan rings is 2. The third-order valence-electron chi connectivity index (χ3n) is 14.3. The van der Waals surface area contributed by atoms with Crippen molar-refractivity contribution in [1.29, 1.82) is 10.5 Å². The Morgan fingerprint density at radius 2 is 0.771 bits per heavy atom. The summed E-state index contributed by atoms with van der Waals surface area (Å²) in [6.07, 6.45) is 0. The predicted molar refractivity (Wildman–Crippen MR) is 287 cm³/mol. The van der Waals surface area contributed by atoms with Gasteiger partial charge in [0, 0.05) is 54.2 Å². The zero-order valence-electron chi connectivity index (χ0n) is 39.8. The smallest absolute Gasteiger partial charge is 0.136 e. The van der Waals surface area contributed by atoms with E-state index in [2.05, 4.69) is 172 Å². The molecule has 0 saturated carbocycles. The van der Waals surface area contributed by atoms with Crippen molar-refractivity contribution < 1.29 is 8.83 Å². The molecule has 0 radical (unpaired) electrons. The summed E-state index contributed by atoms with van der Waals surface area (Å²) in [6.45, 7) is 13.9. The first-order valence-electron chi connectivity index (χ1n) is 23.9. The van der Waals surface area contributed by atoms with Crippen LogP contribution in [0.2, 0.25) is 0 Å². The number of hydrogen-bond acceptors (Lipinski definition) is 4. The van der Waals surface area contributed by atoms with Crippen LogP contribution in [0.1, 0.15) is 63.8 Å². The summed E-state index contributed by atoms with van der Waals surface area (Å²) in [4.78, 5) is 0. The zero-order valence-corrected chi connectivity index (χ0v) is 39.8. The van der Waals surface area contributed by atoms with E-state index >= 15 is 0 Å². The number of hydrogen-bond donors (Lipinski definition) is 0. The SMILES string of the molecule is CC(C)(C)c1c(-c2cccc(C#N)c2)c(-n2c3ccccc3c3c4c(ccc32)oc2ccccc24)c(-c2cccc(C#N)c2)c(C(C)(C)C)c1-n1c2ccccc2c2c3c(ccc21)oc1ccccc13. The summed E-state index contributed by atoms with van der Waals surface area (Å²) < 4.78 is 18.1. The summed E-state index contributed by atoms with van der Waals surface area (Å²) in [6, 6.07) is 63.9. The van der Waals surface area contributed by atoms with Gasteiger partial charge in [0.2, 0.25) is 0 Å². The monoisotopic (exact) mass is 902 g/mol. The fourth-order valence-electron chi connectivity index (χ4n) is 11.7. The lowest BCUT2D eigenvalue weighted by Crippen LogP contribution is -2.26. The molecule has 4 aromatic heterocycles. The van der Waals surface area contributed by atoms with Gasteiger partial charge in [-0.15, -0.1) is 0 Å². The van der Waals surface area contributed by atoms with Gasteiger partial charge in [-0.2, -0.15) is 10.5 Å². The molecule has 9 aromatic carbocycles. The molecule has 13 aromatic rings. The molecule has 0 fully saturated rings. The highest BCUT2D eigenvalue weighted by Gasteiger charge is 2.39. The van der Waals surface area contributed by atoms with Crippen molar-refractivity contribution in [1.82, 2.24) is 9.13 Å². The second-order valence-corrected chi connectivity index (χ2v) is 20.6. The molecule has 0 atom stereocenters. The van der Waals surface area contributed by atoms with E-state index in [1.165, 1.54) is 0 Å². The molecule has 13 rings (SSSR count). The first kappa shape index (κ1) is 41.4. The molecule has 0 aliphatic rings. The van der Waals surface area contributed by atoms with Gasteiger partial charge >= 0.3 is 0 Å². The Bertz CT molecular complexity index is 4370. The third kappa shape index (κ3) is 5.84. The molecule has 6 heteroatoms. The van der Waals surface area contributed by atoms with Crippen molar-refractivity contribution in [2.24, 2.45) is 0 Å². The van der Waals surface area contributed by atoms with Gasteiger partial charge in [-0.25, -0.2) is 0 Å². The van der Waals surface area contributed by atoms with Crippen LogP contribution in [0.4, 0.5) is 0 Å². The minimum absolute atomic E-state index is 0.508. The van der Waals surface area contributed by atoms with Crippen molar-refractivity contribution in [2.75, 3.05) is 0 Å². The van der Waals surface area contributed by atoms with Crippen molar-refractivity contribution in [3.05, 3.63) is 192 Å². The number of para-hydroxylation sites is 4. The first-order chi connectivity index (χ1) is 33.9. The first-order valence-corrected chi connectivity index (χ1v) is 23.9. The summed E-state index contributed by atoms with van der Waals surface area (Å²) >= 11 is 0. The maximum absolute atomic E-state index is 10.7. The van der Waals surface area contributed by atoms with Gasteiger partial charge in [0.15, 0.2) is 0 Å². The molecule has 334 valence electrons. The highest BCUT2D eigenvalue weighted by Crippen LogP contribution is 2.55. The van der Waals surface area contributed by atoms with Gasteiger partial charge in [0.1, 0.15) is 22.3 Å². The molecule has 0 amide bonds. The fourth-order valence-corrected chi connectivity index (χ4v) is 11.7. The normalized spacial score (nSPS) is 12.4. The van der Waals surface area contributed by atoms with Gasteiger partial charge in [-0.3, -0.25) is 0 Å². The second-order valence-electron chi connectivity index (χ2n) is 20.6. The van der Waals surface area contributed by atoms with Crippen LogP contribution in [-0.2, 0) is 10.8 Å². The minimum atomic E-state index is -0.508. The van der Waals surface area contributed by atoms with Crippen LogP contribution in [0.25, 0.3) is 121 Å². The van der Waals surface area contributed by atoms with Crippen molar-refractivity contribution in [3.8, 4) is 45.8 Å². The lowest BCUT2D eigenvalue weighted by Gasteiger charge is -2.38. The number of benzene rings is 9. The Morgan fingerprint density at radius 1 is 0.371 bits per heavy atom. The van der Waals surface area contributed by atoms with Crippen LogP contribution in [0.15, 0.2) is 179 Å². The minimum Gasteiger partial charge on any atom is -0.456 e. The van der Waals surface area contributed by atoms with Gasteiger partial charge in [-0.1, -0.05) is 139 Å². The van der Waals surface area contributed by atoms with E-state index in [4.69, 9.17) is 8.83 Å². The quantitative estimate of drug-likeness (QED) is 0.176. The maximum Gasteiger partial charge on any atom is 0.136 e. The highest BCUT2D eigenvalue weighted by molar-refractivity contribution is 6.29. The zero-order chi connectivity index (χ0) is 47.8. The number of fused-ring (bicyclic) bond motifs is 14. The van der Waals surface area contributed by atoms with Gasteiger partial charge in [-0.05, 0) is 106 Å². The van der Waals surface area contributed by atoms with E-state index in [1.807, 2.05) is 60.7 Å². The van der Waals surface area contributed by atoms with Crippen LogP contribution in [0.3, 0.4) is 0 Å². The molecule has 0 unspecified atom stereocenters. The van der Waals surface area contributed by atoms with E-state index in [-0.39, 0.29) is 0 Å². The summed E-state index contributed by atoms with van der Waals surface area (Å²) in [7, 11) is 0. The van der Waals surface area contributed by atoms with E-state index < -0.39 is 10.8 Å². The summed E-state index contributed by atoms with van der Waals surface area (Å²) in [5, 5.41) is 30.1. The van der Waals surface area contributed by atoms with Gasteiger partial charge in [0.25, 0.3) is 0 Å². The Hall–Kier alpha value is -8.84. The van der Waals surface area contributed by atoms with Gasteiger partial charge < -0.3 is 18.0 Å². The second kappa shape index (κ2) is 14.8. The van der Waals surface area contributed by atoms with E-state index in [0.717, 1.165) is 132 Å². The van der Waals surface area contributed by atoms with Crippen LogP contribution in [0, 0.1) is 22.7 Å². The molecule has 0 aliphatic carbocycles. The van der Waals surface area contributed by atoms with Crippen molar-refractivity contribution in [3.63, 3.8) is 0 Å². The summed E-state index contributed by atoms with van der Waals surface area (Å²) in [5.41, 5.74) is 15.8. The van der Waals surface area contributed by atoms with Crippen LogP contribution >= 0.6 is 0 Å². The topological polar surface area (TPSA) is 83.7 Å². The molecule has 0 aliphatic heterocycles.